The molecule has 1 nitrogen and oxygen atoms in total. The average Bonchev–Trinajstić information content (AvgIpc) is 2.37. The Bertz CT molecular complexity index is 348. The Kier molecular flexibility index (Phi) is 5.26. The third kappa shape index (κ3) is 3.94. The minimum absolute atomic E-state index is 0.606. The third-order valence-electron chi connectivity index (χ3n) is 3.20. The van der Waals surface area contributed by atoms with E-state index in [-0.39, 0.29) is 0 Å². The maximum Gasteiger partial charge on any atom is 0.0295 e. The van der Waals surface area contributed by atoms with Gasteiger partial charge < -0.3 is 5.32 Å². The van der Waals surface area contributed by atoms with Gasteiger partial charge in [-0.25, -0.2) is 0 Å². The van der Waals surface area contributed by atoms with E-state index in [0.29, 0.717) is 6.04 Å². The molecule has 3 heteroatoms. The van der Waals surface area contributed by atoms with Crippen LogP contribution in [-0.4, -0.2) is 35.6 Å². The summed E-state index contributed by atoms with van der Waals surface area (Å²) in [5, 5.41) is 4.27. The highest BCUT2D eigenvalue weighted by Crippen LogP contribution is 2.27. The second-order valence-corrected chi connectivity index (χ2v) is 7.07. The van der Waals surface area contributed by atoms with E-state index in [2.05, 4.69) is 67.1 Å². The highest BCUT2D eigenvalue weighted by Gasteiger charge is 2.23. The van der Waals surface area contributed by atoms with Crippen LogP contribution in [0.3, 0.4) is 0 Å². The number of benzene rings is 1. The predicted octanol–water partition coefficient (Wildman–Crippen LogP) is 2.97. The van der Waals surface area contributed by atoms with Crippen molar-refractivity contribution in [2.75, 3.05) is 24.3 Å². The first-order chi connectivity index (χ1) is 8.29. The fourth-order valence-electron chi connectivity index (χ4n) is 2.25. The number of rotatable bonds is 4. The molecule has 2 rings (SSSR count). The lowest BCUT2D eigenvalue weighted by Crippen LogP contribution is -2.40. The fourth-order valence-corrected chi connectivity index (χ4v) is 5.18. The van der Waals surface area contributed by atoms with Crippen LogP contribution in [0.5, 0.6) is 0 Å². The molecule has 0 aromatic heterocycles. The van der Waals surface area contributed by atoms with Crippen molar-refractivity contribution >= 4 is 23.5 Å². The molecule has 0 bridgehead atoms. The van der Waals surface area contributed by atoms with E-state index in [1.54, 1.807) is 0 Å². The van der Waals surface area contributed by atoms with Crippen molar-refractivity contribution in [3.8, 4) is 0 Å². The lowest BCUT2D eigenvalue weighted by atomic mass is 10.0. The van der Waals surface area contributed by atoms with Crippen LogP contribution in [0.2, 0.25) is 0 Å². The van der Waals surface area contributed by atoms with Crippen molar-refractivity contribution in [3.05, 3.63) is 35.4 Å². The zero-order valence-electron chi connectivity index (χ0n) is 10.6. The van der Waals surface area contributed by atoms with Crippen LogP contribution in [0.25, 0.3) is 0 Å². The SMILES string of the molecule is CNC(Cc1cccc(C)c1)C1CSCCS1. The monoisotopic (exact) mass is 267 g/mol. The summed E-state index contributed by atoms with van der Waals surface area (Å²) in [5.74, 6) is 3.92. The predicted molar refractivity (Wildman–Crippen MR) is 81.3 cm³/mol. The Morgan fingerprint density at radius 1 is 1.41 bits per heavy atom. The second-order valence-electron chi connectivity index (χ2n) is 4.57. The van der Waals surface area contributed by atoms with Crippen molar-refractivity contribution in [3.63, 3.8) is 0 Å². The van der Waals surface area contributed by atoms with Gasteiger partial charge in [0.2, 0.25) is 0 Å². The number of aryl methyl sites for hydroxylation is 1. The first kappa shape index (κ1) is 13.3. The number of thioether (sulfide) groups is 2. The van der Waals surface area contributed by atoms with Crippen LogP contribution < -0.4 is 5.32 Å². The topological polar surface area (TPSA) is 12.0 Å². The number of hydrogen-bond acceptors (Lipinski definition) is 3. The lowest BCUT2D eigenvalue weighted by molar-refractivity contribution is 0.557. The van der Waals surface area contributed by atoms with Crippen molar-refractivity contribution in [1.82, 2.24) is 5.32 Å². The molecule has 0 amide bonds. The molecule has 1 aromatic carbocycles. The van der Waals surface area contributed by atoms with E-state index < -0.39 is 0 Å². The van der Waals surface area contributed by atoms with Gasteiger partial charge in [-0.15, -0.1) is 0 Å². The van der Waals surface area contributed by atoms with Gasteiger partial charge in [0.05, 0.1) is 0 Å². The molecule has 0 aliphatic carbocycles. The molecule has 0 spiro atoms. The molecule has 1 fully saturated rings. The van der Waals surface area contributed by atoms with Gasteiger partial charge in [0, 0.05) is 28.6 Å². The Morgan fingerprint density at radius 2 is 2.29 bits per heavy atom. The molecule has 94 valence electrons. The van der Waals surface area contributed by atoms with Gasteiger partial charge >= 0.3 is 0 Å². The van der Waals surface area contributed by atoms with E-state index in [1.165, 1.54) is 28.4 Å². The van der Waals surface area contributed by atoms with Gasteiger partial charge in [0.1, 0.15) is 0 Å². The summed E-state index contributed by atoms with van der Waals surface area (Å²) in [4.78, 5) is 0. The minimum Gasteiger partial charge on any atom is -0.316 e. The smallest absolute Gasteiger partial charge is 0.0295 e. The van der Waals surface area contributed by atoms with E-state index in [9.17, 15) is 0 Å². The van der Waals surface area contributed by atoms with Crippen molar-refractivity contribution < 1.29 is 0 Å². The standard InChI is InChI=1S/C14H21NS2/c1-11-4-3-5-12(8-11)9-13(15-2)14-10-16-6-7-17-14/h3-5,8,13-15H,6-7,9-10H2,1-2H3. The van der Waals surface area contributed by atoms with Crippen LogP contribution in [-0.2, 0) is 6.42 Å². The Labute approximate surface area is 113 Å². The molecule has 0 radical (unpaired) electrons. The quantitative estimate of drug-likeness (QED) is 0.901. The van der Waals surface area contributed by atoms with E-state index in [0.717, 1.165) is 11.7 Å². The molecule has 1 aliphatic rings. The van der Waals surface area contributed by atoms with Crippen LogP contribution in [0.1, 0.15) is 11.1 Å². The molecule has 1 aromatic rings. The van der Waals surface area contributed by atoms with Crippen molar-refractivity contribution in [1.29, 1.82) is 0 Å². The van der Waals surface area contributed by atoms with E-state index >= 15 is 0 Å². The molecule has 1 N–H and O–H groups in total. The fraction of sp³-hybridized carbons (Fsp3) is 0.571. The molecule has 1 aliphatic heterocycles. The van der Waals surface area contributed by atoms with Crippen LogP contribution in [0.15, 0.2) is 24.3 Å². The summed E-state index contributed by atoms with van der Waals surface area (Å²) < 4.78 is 0. The van der Waals surface area contributed by atoms with E-state index in [4.69, 9.17) is 0 Å². The molecular weight excluding hydrogens is 246 g/mol. The number of hydrogen-bond donors (Lipinski definition) is 1. The highest BCUT2D eigenvalue weighted by atomic mass is 32.2. The molecule has 2 unspecified atom stereocenters. The Hall–Kier alpha value is -0.120. The summed E-state index contributed by atoms with van der Waals surface area (Å²) in [6.07, 6.45) is 1.15. The number of likely N-dealkylation sites (N-methyl/N-ethyl adjacent to an activating group) is 1. The van der Waals surface area contributed by atoms with Gasteiger partial charge in [0.15, 0.2) is 0 Å². The summed E-state index contributed by atoms with van der Waals surface area (Å²) >= 11 is 4.24. The number of nitrogens with one attached hydrogen (secondary N) is 1. The van der Waals surface area contributed by atoms with Crippen LogP contribution >= 0.6 is 23.5 Å². The van der Waals surface area contributed by atoms with Gasteiger partial charge in [-0.05, 0) is 26.0 Å². The zero-order chi connectivity index (χ0) is 12.1. The lowest BCUT2D eigenvalue weighted by Gasteiger charge is -2.29. The Morgan fingerprint density at radius 3 is 2.94 bits per heavy atom. The van der Waals surface area contributed by atoms with Gasteiger partial charge in [-0.3, -0.25) is 0 Å². The van der Waals surface area contributed by atoms with Gasteiger partial charge in [0.25, 0.3) is 0 Å². The maximum absolute atomic E-state index is 3.51. The molecule has 1 saturated heterocycles. The van der Waals surface area contributed by atoms with Crippen molar-refractivity contribution in [2.24, 2.45) is 0 Å². The van der Waals surface area contributed by atoms with E-state index in [1.807, 2.05) is 0 Å². The first-order valence-corrected chi connectivity index (χ1v) is 8.42. The third-order valence-corrected chi connectivity index (χ3v) is 6.12. The second kappa shape index (κ2) is 6.72. The van der Waals surface area contributed by atoms with Crippen LogP contribution in [0.4, 0.5) is 0 Å². The highest BCUT2D eigenvalue weighted by molar-refractivity contribution is 8.06. The maximum atomic E-state index is 3.51. The van der Waals surface area contributed by atoms with Crippen LogP contribution in [0, 0.1) is 6.92 Å². The van der Waals surface area contributed by atoms with Gasteiger partial charge in [-0.2, -0.15) is 23.5 Å². The molecule has 1 heterocycles. The Balaban J connectivity index is 1.98. The normalized spacial score (nSPS) is 22.4. The molecule has 2 atom stereocenters. The zero-order valence-corrected chi connectivity index (χ0v) is 12.2. The summed E-state index contributed by atoms with van der Waals surface area (Å²) in [6, 6.07) is 9.50. The summed E-state index contributed by atoms with van der Waals surface area (Å²) in [5.41, 5.74) is 2.82. The first-order valence-electron chi connectivity index (χ1n) is 6.22. The average molecular weight is 267 g/mol. The van der Waals surface area contributed by atoms with Gasteiger partial charge in [-0.1, -0.05) is 29.8 Å². The summed E-state index contributed by atoms with van der Waals surface area (Å²) in [7, 11) is 2.10. The molecule has 0 saturated carbocycles. The molecule has 17 heavy (non-hydrogen) atoms. The van der Waals surface area contributed by atoms with Crippen molar-refractivity contribution in [2.45, 2.75) is 24.6 Å². The largest absolute Gasteiger partial charge is 0.316 e. The minimum atomic E-state index is 0.606. The molecular formula is C14H21NS2. The summed E-state index contributed by atoms with van der Waals surface area (Å²) in [6.45, 7) is 2.17.